The molecule has 0 saturated carbocycles. The minimum atomic E-state index is -0.553. The summed E-state index contributed by atoms with van der Waals surface area (Å²) in [6.07, 6.45) is 4.11. The molecule has 1 N–H and O–H groups in total. The average molecular weight is 324 g/mol. The molecule has 0 spiro atoms. The molecule has 120 valence electrons. The Hall–Kier alpha value is -1.59. The number of nitrogens with zero attached hydrogens (tertiary/aromatic N) is 2. The van der Waals surface area contributed by atoms with Gasteiger partial charge in [-0.15, -0.1) is 0 Å². The third kappa shape index (κ3) is 4.71. The summed E-state index contributed by atoms with van der Waals surface area (Å²) in [5.41, 5.74) is 1.97. The number of amides is 1. The van der Waals surface area contributed by atoms with Gasteiger partial charge in [-0.3, -0.25) is 10.3 Å². The molecule has 0 aromatic carbocycles. The number of likely N-dealkylation sites (N-methyl/N-ethyl adjacent to an activating group) is 1. The lowest BCUT2D eigenvalue weighted by Crippen LogP contribution is -2.27. The molecule has 1 aliphatic heterocycles. The van der Waals surface area contributed by atoms with Crippen LogP contribution in [0.3, 0.4) is 0 Å². The number of hydrogen-bond donors (Lipinski definition) is 1. The van der Waals surface area contributed by atoms with Crippen LogP contribution in [0.15, 0.2) is 18.3 Å². The first kappa shape index (κ1) is 16.8. The molecule has 6 heteroatoms. The van der Waals surface area contributed by atoms with E-state index in [9.17, 15) is 4.79 Å². The predicted octanol–water partition coefficient (Wildman–Crippen LogP) is 3.80. The zero-order valence-corrected chi connectivity index (χ0v) is 14.2. The molecule has 0 radical (unpaired) electrons. The number of aromatic nitrogens is 1. The molecule has 1 aromatic rings. The maximum atomic E-state index is 11.9. The second-order valence-corrected chi connectivity index (χ2v) is 6.83. The number of carbonyl (C=O) groups excluding carboxylic acids is 1. The molecular weight excluding hydrogens is 302 g/mol. The number of hydrogen-bond acceptors (Lipinski definition) is 4. The Balaban J connectivity index is 2.15. The van der Waals surface area contributed by atoms with Crippen molar-refractivity contribution in [3.63, 3.8) is 0 Å². The smallest absolute Gasteiger partial charge is 0.412 e. The van der Waals surface area contributed by atoms with Gasteiger partial charge in [-0.2, -0.15) is 0 Å². The minimum absolute atomic E-state index is 0.392. The first-order chi connectivity index (χ1) is 10.2. The summed E-state index contributed by atoms with van der Waals surface area (Å²) in [4.78, 5) is 18.5. The lowest BCUT2D eigenvalue weighted by Gasteiger charge is -2.22. The van der Waals surface area contributed by atoms with Gasteiger partial charge >= 0.3 is 6.09 Å². The Labute approximate surface area is 136 Å². The van der Waals surface area contributed by atoms with E-state index in [2.05, 4.69) is 28.3 Å². The summed E-state index contributed by atoms with van der Waals surface area (Å²) in [7, 11) is 2.08. The van der Waals surface area contributed by atoms with Crippen molar-refractivity contribution in [3.05, 3.63) is 29.1 Å². The minimum Gasteiger partial charge on any atom is -0.444 e. The van der Waals surface area contributed by atoms with Crippen LogP contribution in [0.1, 0.15) is 32.9 Å². The molecule has 5 nitrogen and oxygen atoms in total. The van der Waals surface area contributed by atoms with Gasteiger partial charge in [-0.05, 0) is 45.9 Å². The summed E-state index contributed by atoms with van der Waals surface area (Å²) < 4.78 is 5.25. The third-order valence-electron chi connectivity index (χ3n) is 3.23. The Bertz CT molecular complexity index is 594. The van der Waals surface area contributed by atoms with Gasteiger partial charge in [-0.1, -0.05) is 17.7 Å². The first-order valence-electron chi connectivity index (χ1n) is 7.28. The van der Waals surface area contributed by atoms with Gasteiger partial charge in [0.25, 0.3) is 0 Å². The Morgan fingerprint density at radius 2 is 2.18 bits per heavy atom. The van der Waals surface area contributed by atoms with Crippen molar-refractivity contribution in [2.45, 2.75) is 32.8 Å². The molecular formula is C16H22ClN3O2. The van der Waals surface area contributed by atoms with Crippen molar-refractivity contribution in [2.75, 3.05) is 25.5 Å². The van der Waals surface area contributed by atoms with Crippen LogP contribution in [-0.2, 0) is 4.74 Å². The molecule has 0 fully saturated rings. The highest BCUT2D eigenvalue weighted by Gasteiger charge is 2.18. The quantitative estimate of drug-likeness (QED) is 0.899. The summed E-state index contributed by atoms with van der Waals surface area (Å²) in [5, 5.41) is 3.08. The van der Waals surface area contributed by atoms with Crippen LogP contribution in [0.4, 0.5) is 10.5 Å². The fourth-order valence-electron chi connectivity index (χ4n) is 2.13. The molecule has 1 aromatic heterocycles. The predicted molar refractivity (Wildman–Crippen MR) is 89.2 cm³/mol. The van der Waals surface area contributed by atoms with Crippen molar-refractivity contribution >= 4 is 29.0 Å². The van der Waals surface area contributed by atoms with E-state index in [1.165, 1.54) is 5.57 Å². The second-order valence-electron chi connectivity index (χ2n) is 6.42. The molecule has 0 bridgehead atoms. The second kappa shape index (κ2) is 6.67. The zero-order chi connectivity index (χ0) is 16.3. The number of ether oxygens (including phenoxy) is 1. The summed E-state index contributed by atoms with van der Waals surface area (Å²) in [6.45, 7) is 7.33. The topological polar surface area (TPSA) is 54.5 Å². The summed E-state index contributed by atoms with van der Waals surface area (Å²) in [5.74, 6) is 0. The normalized spacial score (nSPS) is 16.1. The van der Waals surface area contributed by atoms with Crippen LogP contribution in [-0.4, -0.2) is 41.7 Å². The van der Waals surface area contributed by atoms with Crippen molar-refractivity contribution in [1.82, 2.24) is 9.88 Å². The maximum absolute atomic E-state index is 11.9. The van der Waals surface area contributed by atoms with E-state index in [0.29, 0.717) is 10.7 Å². The fourth-order valence-corrected chi connectivity index (χ4v) is 2.28. The molecule has 1 amide bonds. The highest BCUT2D eigenvalue weighted by molar-refractivity contribution is 6.33. The number of nitrogens with one attached hydrogen (secondary N) is 1. The van der Waals surface area contributed by atoms with Crippen molar-refractivity contribution in [2.24, 2.45) is 0 Å². The van der Waals surface area contributed by atoms with E-state index in [1.54, 1.807) is 12.3 Å². The largest absolute Gasteiger partial charge is 0.444 e. The van der Waals surface area contributed by atoms with Gasteiger partial charge in [0.2, 0.25) is 0 Å². The lowest BCUT2D eigenvalue weighted by molar-refractivity contribution is 0.0636. The molecule has 0 aliphatic carbocycles. The van der Waals surface area contributed by atoms with Crippen LogP contribution in [0, 0.1) is 0 Å². The number of pyridine rings is 1. The molecule has 0 unspecified atom stereocenters. The number of halogens is 1. The Morgan fingerprint density at radius 1 is 1.45 bits per heavy atom. The zero-order valence-electron chi connectivity index (χ0n) is 13.4. The molecule has 0 atom stereocenters. The standard InChI is InChI=1S/C16H22ClN3O2/c1-16(2,3)22-15(21)19-14-9-13(18-10-12(14)17)11-5-7-20(4)8-6-11/h5,9-10H,6-8H2,1-4H3,(H,18,19,21). The van der Waals surface area contributed by atoms with Crippen LogP contribution < -0.4 is 5.32 Å². The van der Waals surface area contributed by atoms with E-state index in [-0.39, 0.29) is 0 Å². The van der Waals surface area contributed by atoms with E-state index in [4.69, 9.17) is 16.3 Å². The van der Waals surface area contributed by atoms with Crippen LogP contribution in [0.25, 0.3) is 5.57 Å². The van der Waals surface area contributed by atoms with E-state index in [0.717, 1.165) is 25.2 Å². The third-order valence-corrected chi connectivity index (χ3v) is 3.53. The van der Waals surface area contributed by atoms with Crippen LogP contribution in [0.2, 0.25) is 5.02 Å². The summed E-state index contributed by atoms with van der Waals surface area (Å²) >= 11 is 6.11. The monoisotopic (exact) mass is 323 g/mol. The molecule has 1 aliphatic rings. The SMILES string of the molecule is CN1CC=C(c2cc(NC(=O)OC(C)(C)C)c(Cl)cn2)CC1. The van der Waals surface area contributed by atoms with Gasteiger partial charge in [0, 0.05) is 19.3 Å². The van der Waals surface area contributed by atoms with Crippen molar-refractivity contribution in [3.8, 4) is 0 Å². The number of carbonyl (C=O) groups is 1. The van der Waals surface area contributed by atoms with Gasteiger partial charge in [-0.25, -0.2) is 4.79 Å². The molecule has 22 heavy (non-hydrogen) atoms. The average Bonchev–Trinajstić information content (AvgIpc) is 2.40. The van der Waals surface area contributed by atoms with Crippen LogP contribution in [0.5, 0.6) is 0 Å². The van der Waals surface area contributed by atoms with Gasteiger partial charge in [0.1, 0.15) is 5.60 Å². The van der Waals surface area contributed by atoms with E-state index >= 15 is 0 Å². The van der Waals surface area contributed by atoms with Gasteiger partial charge in [0.15, 0.2) is 0 Å². The lowest BCUT2D eigenvalue weighted by atomic mass is 10.0. The van der Waals surface area contributed by atoms with Gasteiger partial charge < -0.3 is 9.64 Å². The Kier molecular flexibility index (Phi) is 5.08. The van der Waals surface area contributed by atoms with Crippen molar-refractivity contribution in [1.29, 1.82) is 0 Å². The maximum Gasteiger partial charge on any atom is 0.412 e. The molecule has 2 rings (SSSR count). The fraction of sp³-hybridized carbons (Fsp3) is 0.500. The van der Waals surface area contributed by atoms with E-state index in [1.807, 2.05) is 20.8 Å². The number of anilines is 1. The highest BCUT2D eigenvalue weighted by Crippen LogP contribution is 2.27. The number of rotatable bonds is 2. The Morgan fingerprint density at radius 3 is 2.77 bits per heavy atom. The molecule has 0 saturated heterocycles. The summed E-state index contributed by atoms with van der Waals surface area (Å²) in [6, 6.07) is 1.80. The molecule has 2 heterocycles. The van der Waals surface area contributed by atoms with Crippen LogP contribution >= 0.6 is 11.6 Å². The van der Waals surface area contributed by atoms with E-state index < -0.39 is 11.7 Å². The first-order valence-corrected chi connectivity index (χ1v) is 7.66. The van der Waals surface area contributed by atoms with Gasteiger partial charge in [0.05, 0.1) is 16.4 Å². The highest BCUT2D eigenvalue weighted by atomic mass is 35.5. The van der Waals surface area contributed by atoms with Crippen molar-refractivity contribution < 1.29 is 9.53 Å².